The van der Waals surface area contributed by atoms with Crippen molar-refractivity contribution in [3.63, 3.8) is 0 Å². The summed E-state index contributed by atoms with van der Waals surface area (Å²) in [5.74, 6) is -0.0773. The molecule has 0 saturated heterocycles. The van der Waals surface area contributed by atoms with Crippen LogP contribution in [0.15, 0.2) is 48.7 Å². The summed E-state index contributed by atoms with van der Waals surface area (Å²) in [6.45, 7) is 0.358. The first kappa shape index (κ1) is 13.2. The Morgan fingerprint density at radius 1 is 1.16 bits per heavy atom. The van der Waals surface area contributed by atoms with Gasteiger partial charge in [0.1, 0.15) is 0 Å². The van der Waals surface area contributed by atoms with E-state index in [-0.39, 0.29) is 18.9 Å². The zero-order chi connectivity index (χ0) is 13.5. The number of aromatic nitrogens is 1. The van der Waals surface area contributed by atoms with Crippen molar-refractivity contribution < 1.29 is 9.90 Å². The fourth-order valence-corrected chi connectivity index (χ4v) is 1.81. The van der Waals surface area contributed by atoms with Crippen molar-refractivity contribution >= 4 is 5.91 Å². The van der Waals surface area contributed by atoms with Gasteiger partial charge in [-0.1, -0.05) is 36.4 Å². The van der Waals surface area contributed by atoms with Gasteiger partial charge in [0.25, 0.3) is 0 Å². The van der Waals surface area contributed by atoms with Crippen LogP contribution in [0.25, 0.3) is 0 Å². The number of carbonyl (C=O) groups is 1. The number of benzene rings is 1. The molecule has 2 N–H and O–H groups in total. The molecule has 0 bridgehead atoms. The van der Waals surface area contributed by atoms with Crippen LogP contribution in [0.3, 0.4) is 0 Å². The smallest absolute Gasteiger partial charge is 0.224 e. The van der Waals surface area contributed by atoms with Crippen molar-refractivity contribution in [1.29, 1.82) is 0 Å². The summed E-state index contributed by atoms with van der Waals surface area (Å²) in [5.41, 5.74) is 2.37. The average molecular weight is 256 g/mol. The van der Waals surface area contributed by atoms with Crippen molar-refractivity contribution in [2.75, 3.05) is 0 Å². The van der Waals surface area contributed by atoms with E-state index >= 15 is 0 Å². The predicted molar refractivity (Wildman–Crippen MR) is 72.2 cm³/mol. The minimum atomic E-state index is -0.151. The van der Waals surface area contributed by atoms with Gasteiger partial charge in [-0.15, -0.1) is 0 Å². The van der Waals surface area contributed by atoms with E-state index in [0.29, 0.717) is 12.2 Å². The third kappa shape index (κ3) is 3.89. The molecule has 1 amide bonds. The summed E-state index contributed by atoms with van der Waals surface area (Å²) in [4.78, 5) is 15.9. The highest BCUT2D eigenvalue weighted by Crippen LogP contribution is 2.06. The lowest BCUT2D eigenvalue weighted by Gasteiger charge is -2.07. The maximum absolute atomic E-state index is 11.8. The molecule has 4 nitrogen and oxygen atoms in total. The Labute approximate surface area is 112 Å². The van der Waals surface area contributed by atoms with Gasteiger partial charge in [-0.25, -0.2) is 0 Å². The first-order valence-electron chi connectivity index (χ1n) is 6.14. The zero-order valence-corrected chi connectivity index (χ0v) is 10.5. The lowest BCUT2D eigenvalue weighted by molar-refractivity contribution is -0.120. The first-order chi connectivity index (χ1) is 9.29. The van der Waals surface area contributed by atoms with Gasteiger partial charge >= 0.3 is 0 Å². The molecular formula is C15H16N2O2. The van der Waals surface area contributed by atoms with Crippen LogP contribution in [0.2, 0.25) is 0 Å². The summed E-state index contributed by atoms with van der Waals surface area (Å²) in [7, 11) is 0. The number of pyridine rings is 1. The summed E-state index contributed by atoms with van der Waals surface area (Å²) in [6, 6.07) is 13.3. The van der Waals surface area contributed by atoms with Gasteiger partial charge < -0.3 is 10.4 Å². The second-order valence-corrected chi connectivity index (χ2v) is 4.21. The normalized spacial score (nSPS) is 10.2. The van der Waals surface area contributed by atoms with Crippen molar-refractivity contribution in [1.82, 2.24) is 10.3 Å². The van der Waals surface area contributed by atoms with Gasteiger partial charge in [-0.05, 0) is 17.2 Å². The standard InChI is InChI=1S/C15H16N2O2/c18-11-14-13(7-4-8-16-14)9-15(19)17-10-12-5-2-1-3-6-12/h1-8,18H,9-11H2,(H,17,19). The number of carbonyl (C=O) groups excluding carboxylic acids is 1. The molecule has 2 aromatic rings. The van der Waals surface area contributed by atoms with Crippen LogP contribution >= 0.6 is 0 Å². The molecule has 0 aliphatic carbocycles. The SMILES string of the molecule is O=C(Cc1cccnc1CO)NCc1ccccc1. The van der Waals surface area contributed by atoms with Crippen LogP contribution in [0.1, 0.15) is 16.8 Å². The van der Waals surface area contributed by atoms with E-state index in [2.05, 4.69) is 10.3 Å². The molecular weight excluding hydrogens is 240 g/mol. The molecule has 0 spiro atoms. The monoisotopic (exact) mass is 256 g/mol. The Morgan fingerprint density at radius 3 is 2.68 bits per heavy atom. The van der Waals surface area contributed by atoms with E-state index in [1.54, 1.807) is 18.3 Å². The highest BCUT2D eigenvalue weighted by molar-refractivity contribution is 5.78. The molecule has 0 unspecified atom stereocenters. The third-order valence-corrected chi connectivity index (χ3v) is 2.82. The van der Waals surface area contributed by atoms with Gasteiger partial charge in [-0.3, -0.25) is 9.78 Å². The Morgan fingerprint density at radius 2 is 1.95 bits per heavy atom. The number of nitrogens with one attached hydrogen (secondary N) is 1. The number of nitrogens with zero attached hydrogens (tertiary/aromatic N) is 1. The number of rotatable bonds is 5. The van der Waals surface area contributed by atoms with E-state index in [9.17, 15) is 4.79 Å². The maximum atomic E-state index is 11.8. The van der Waals surface area contributed by atoms with E-state index < -0.39 is 0 Å². The fourth-order valence-electron chi connectivity index (χ4n) is 1.81. The zero-order valence-electron chi connectivity index (χ0n) is 10.5. The Balaban J connectivity index is 1.91. The molecule has 1 heterocycles. The maximum Gasteiger partial charge on any atom is 0.224 e. The van der Waals surface area contributed by atoms with Crippen LogP contribution in [-0.4, -0.2) is 16.0 Å². The molecule has 0 fully saturated rings. The molecule has 98 valence electrons. The quantitative estimate of drug-likeness (QED) is 0.850. The molecule has 1 aromatic heterocycles. The topological polar surface area (TPSA) is 62.2 Å². The van der Waals surface area contributed by atoms with Gasteiger partial charge in [0.15, 0.2) is 0 Å². The second-order valence-electron chi connectivity index (χ2n) is 4.21. The van der Waals surface area contributed by atoms with Crippen molar-refractivity contribution in [3.05, 3.63) is 65.5 Å². The number of aliphatic hydroxyl groups excluding tert-OH is 1. The van der Waals surface area contributed by atoms with Crippen LogP contribution < -0.4 is 5.32 Å². The lowest BCUT2D eigenvalue weighted by Crippen LogP contribution is -2.25. The van der Waals surface area contributed by atoms with Crippen LogP contribution in [0.4, 0.5) is 0 Å². The van der Waals surface area contributed by atoms with E-state index in [4.69, 9.17) is 5.11 Å². The van der Waals surface area contributed by atoms with Gasteiger partial charge in [0, 0.05) is 12.7 Å². The van der Waals surface area contributed by atoms with Crippen molar-refractivity contribution in [2.24, 2.45) is 0 Å². The average Bonchev–Trinajstić information content (AvgIpc) is 2.47. The summed E-state index contributed by atoms with van der Waals surface area (Å²) in [5, 5.41) is 12.0. The van der Waals surface area contributed by atoms with Crippen LogP contribution in [0, 0.1) is 0 Å². The lowest BCUT2D eigenvalue weighted by atomic mass is 10.1. The number of aliphatic hydroxyl groups is 1. The minimum absolute atomic E-state index is 0.0773. The third-order valence-electron chi connectivity index (χ3n) is 2.82. The highest BCUT2D eigenvalue weighted by Gasteiger charge is 2.07. The molecule has 1 aromatic carbocycles. The molecule has 0 saturated carbocycles. The Bertz CT molecular complexity index is 541. The molecule has 2 rings (SSSR count). The largest absolute Gasteiger partial charge is 0.390 e. The summed E-state index contributed by atoms with van der Waals surface area (Å²) in [6.07, 6.45) is 1.84. The molecule has 0 aliphatic rings. The second kappa shape index (κ2) is 6.66. The van der Waals surface area contributed by atoms with E-state index in [0.717, 1.165) is 11.1 Å². The Hall–Kier alpha value is -2.20. The van der Waals surface area contributed by atoms with Crippen molar-refractivity contribution in [3.8, 4) is 0 Å². The number of hydrogen-bond donors (Lipinski definition) is 2. The molecule has 0 atom stereocenters. The minimum Gasteiger partial charge on any atom is -0.390 e. The summed E-state index contributed by atoms with van der Waals surface area (Å²) >= 11 is 0. The molecule has 0 aliphatic heterocycles. The highest BCUT2D eigenvalue weighted by atomic mass is 16.3. The number of hydrogen-bond acceptors (Lipinski definition) is 3. The Kier molecular flexibility index (Phi) is 4.64. The van der Waals surface area contributed by atoms with E-state index in [1.807, 2.05) is 30.3 Å². The van der Waals surface area contributed by atoms with Crippen molar-refractivity contribution in [2.45, 2.75) is 19.6 Å². The van der Waals surface area contributed by atoms with Crippen LogP contribution in [0.5, 0.6) is 0 Å². The van der Waals surface area contributed by atoms with E-state index in [1.165, 1.54) is 0 Å². The molecule has 0 radical (unpaired) electrons. The first-order valence-corrected chi connectivity index (χ1v) is 6.14. The van der Waals surface area contributed by atoms with Gasteiger partial charge in [0.05, 0.1) is 18.7 Å². The van der Waals surface area contributed by atoms with Gasteiger partial charge in [-0.2, -0.15) is 0 Å². The van der Waals surface area contributed by atoms with Gasteiger partial charge in [0.2, 0.25) is 5.91 Å². The predicted octanol–water partition coefficient (Wildman–Crippen LogP) is 1.43. The van der Waals surface area contributed by atoms with Crippen LogP contribution in [-0.2, 0) is 24.4 Å². The number of amides is 1. The molecule has 4 heteroatoms. The summed E-state index contributed by atoms with van der Waals surface area (Å²) < 4.78 is 0. The molecule has 19 heavy (non-hydrogen) atoms. The fraction of sp³-hybridized carbons (Fsp3) is 0.200.